The molecule has 2 N–H and O–H groups in total. The smallest absolute Gasteiger partial charge is 0.192 e. The molecule has 0 unspecified atom stereocenters. The molecule has 1 spiro atoms. The van der Waals surface area contributed by atoms with Crippen molar-refractivity contribution in [2.75, 3.05) is 13.1 Å². The number of nitrogens with zero attached hydrogens (tertiary/aromatic N) is 2. The van der Waals surface area contributed by atoms with E-state index in [1.165, 1.54) is 70.6 Å². The average molecular weight is 277 g/mol. The summed E-state index contributed by atoms with van der Waals surface area (Å²) in [5.41, 5.74) is 6.31. The molecule has 114 valence electrons. The maximum Gasteiger partial charge on any atom is 0.192 e. The predicted molar refractivity (Wildman–Crippen MR) is 86.9 cm³/mol. The van der Waals surface area contributed by atoms with E-state index in [0.29, 0.717) is 0 Å². The summed E-state index contributed by atoms with van der Waals surface area (Å²) in [7, 11) is 0. The first-order valence-corrected chi connectivity index (χ1v) is 8.47. The number of guanidine groups is 1. The van der Waals surface area contributed by atoms with Crippen LogP contribution in [0.2, 0.25) is 0 Å². The lowest BCUT2D eigenvalue weighted by molar-refractivity contribution is 0.174. The summed E-state index contributed by atoms with van der Waals surface area (Å²) in [5.74, 6) is 0.733. The van der Waals surface area contributed by atoms with Gasteiger partial charge in [-0.1, -0.05) is 63.9 Å². The minimum absolute atomic E-state index is 0.192. The van der Waals surface area contributed by atoms with Crippen LogP contribution in [0.1, 0.15) is 70.6 Å². The van der Waals surface area contributed by atoms with Crippen LogP contribution < -0.4 is 5.73 Å². The van der Waals surface area contributed by atoms with Crippen LogP contribution in [0, 0.1) is 0 Å². The first kappa shape index (κ1) is 15.4. The fraction of sp³-hybridized carbons (Fsp3) is 0.824. The number of rotatable bonds is 2. The van der Waals surface area contributed by atoms with Crippen molar-refractivity contribution < 1.29 is 0 Å². The molecule has 2 rings (SSSR count). The highest BCUT2D eigenvalue weighted by molar-refractivity contribution is 5.81. The largest absolute Gasteiger partial charge is 0.370 e. The molecule has 20 heavy (non-hydrogen) atoms. The van der Waals surface area contributed by atoms with E-state index >= 15 is 0 Å². The molecule has 1 aliphatic heterocycles. The Bertz CT molecular complexity index is 323. The first-order valence-electron chi connectivity index (χ1n) is 8.47. The Kier molecular flexibility index (Phi) is 5.93. The Morgan fingerprint density at radius 1 is 1.00 bits per heavy atom. The van der Waals surface area contributed by atoms with Gasteiger partial charge in [-0.15, -0.1) is 6.58 Å². The average Bonchev–Trinajstić information content (AvgIpc) is 2.73. The molecule has 1 aliphatic carbocycles. The molecule has 3 nitrogen and oxygen atoms in total. The van der Waals surface area contributed by atoms with Crippen LogP contribution in [0.4, 0.5) is 0 Å². The third kappa shape index (κ3) is 3.77. The van der Waals surface area contributed by atoms with Gasteiger partial charge in [-0.25, -0.2) is 0 Å². The summed E-state index contributed by atoms with van der Waals surface area (Å²) >= 11 is 0. The molecular formula is C17H31N3. The van der Waals surface area contributed by atoms with Gasteiger partial charge in [-0.05, 0) is 12.8 Å². The van der Waals surface area contributed by atoms with Crippen LogP contribution in [-0.2, 0) is 0 Å². The highest BCUT2D eigenvalue weighted by atomic mass is 15.4. The van der Waals surface area contributed by atoms with Crippen molar-refractivity contribution in [1.29, 1.82) is 0 Å². The van der Waals surface area contributed by atoms with Gasteiger partial charge in [0.2, 0.25) is 0 Å². The molecule has 0 saturated heterocycles. The second kappa shape index (κ2) is 7.70. The molecule has 0 atom stereocenters. The van der Waals surface area contributed by atoms with E-state index in [9.17, 15) is 0 Å². The summed E-state index contributed by atoms with van der Waals surface area (Å²) in [4.78, 5) is 6.88. The standard InChI is InChI=1S/C17H31N3/c1-2-14-20-16(18)19-15-17(20)12-10-8-6-4-3-5-7-9-11-13-17/h2H,1,3-15H2,(H2,18,19). The molecule has 0 aromatic carbocycles. The van der Waals surface area contributed by atoms with E-state index in [2.05, 4.69) is 16.5 Å². The summed E-state index contributed by atoms with van der Waals surface area (Å²) in [5, 5.41) is 0. The fourth-order valence-electron chi connectivity index (χ4n) is 3.76. The molecule has 0 aromatic rings. The predicted octanol–water partition coefficient (Wildman–Crippen LogP) is 3.85. The van der Waals surface area contributed by atoms with Crippen molar-refractivity contribution in [3.05, 3.63) is 12.7 Å². The Morgan fingerprint density at radius 3 is 2.00 bits per heavy atom. The van der Waals surface area contributed by atoms with E-state index in [-0.39, 0.29) is 5.54 Å². The number of hydrogen-bond donors (Lipinski definition) is 1. The van der Waals surface area contributed by atoms with Crippen LogP contribution in [0.5, 0.6) is 0 Å². The van der Waals surface area contributed by atoms with Gasteiger partial charge in [0, 0.05) is 6.54 Å². The number of nitrogens with two attached hydrogens (primary N) is 1. The first-order chi connectivity index (χ1) is 9.78. The van der Waals surface area contributed by atoms with Gasteiger partial charge in [-0.3, -0.25) is 4.99 Å². The lowest BCUT2D eigenvalue weighted by Crippen LogP contribution is -2.51. The van der Waals surface area contributed by atoms with Crippen LogP contribution in [-0.4, -0.2) is 29.5 Å². The normalized spacial score (nSPS) is 24.8. The Morgan fingerprint density at radius 2 is 1.50 bits per heavy atom. The van der Waals surface area contributed by atoms with Crippen molar-refractivity contribution in [1.82, 2.24) is 4.90 Å². The minimum atomic E-state index is 0.192. The molecule has 0 radical (unpaired) electrons. The van der Waals surface area contributed by atoms with Crippen molar-refractivity contribution >= 4 is 5.96 Å². The van der Waals surface area contributed by atoms with Gasteiger partial charge in [0.1, 0.15) is 0 Å². The van der Waals surface area contributed by atoms with Gasteiger partial charge >= 0.3 is 0 Å². The fourth-order valence-corrected chi connectivity index (χ4v) is 3.76. The Balaban J connectivity index is 2.01. The second-order valence-corrected chi connectivity index (χ2v) is 6.48. The topological polar surface area (TPSA) is 41.6 Å². The molecule has 2 aliphatic rings. The van der Waals surface area contributed by atoms with Gasteiger partial charge in [0.15, 0.2) is 5.96 Å². The summed E-state index contributed by atoms with van der Waals surface area (Å²) in [6.45, 7) is 5.63. The molecule has 3 heteroatoms. The highest BCUT2D eigenvalue weighted by Gasteiger charge is 2.40. The molecular weight excluding hydrogens is 246 g/mol. The number of hydrogen-bond acceptors (Lipinski definition) is 3. The molecule has 1 fully saturated rings. The second-order valence-electron chi connectivity index (χ2n) is 6.48. The lowest BCUT2D eigenvalue weighted by Gasteiger charge is -2.39. The maximum atomic E-state index is 6.11. The van der Waals surface area contributed by atoms with Crippen LogP contribution in [0.3, 0.4) is 0 Å². The van der Waals surface area contributed by atoms with Gasteiger partial charge in [-0.2, -0.15) is 0 Å². The van der Waals surface area contributed by atoms with Gasteiger partial charge < -0.3 is 10.6 Å². The summed E-state index contributed by atoms with van der Waals surface area (Å²) in [6.07, 6.45) is 16.9. The van der Waals surface area contributed by atoms with Crippen LogP contribution >= 0.6 is 0 Å². The number of aliphatic imine (C=N–C) groups is 1. The molecule has 0 bridgehead atoms. The summed E-state index contributed by atoms with van der Waals surface area (Å²) < 4.78 is 0. The van der Waals surface area contributed by atoms with Crippen molar-refractivity contribution in [3.63, 3.8) is 0 Å². The quantitative estimate of drug-likeness (QED) is 0.779. The van der Waals surface area contributed by atoms with E-state index in [0.717, 1.165) is 19.0 Å². The lowest BCUT2D eigenvalue weighted by atomic mass is 9.84. The maximum absolute atomic E-state index is 6.11. The minimum Gasteiger partial charge on any atom is -0.370 e. The van der Waals surface area contributed by atoms with E-state index in [1.54, 1.807) is 0 Å². The zero-order valence-electron chi connectivity index (χ0n) is 12.9. The third-order valence-corrected chi connectivity index (χ3v) is 4.98. The van der Waals surface area contributed by atoms with Gasteiger partial charge in [0.05, 0.1) is 12.1 Å². The summed E-state index contributed by atoms with van der Waals surface area (Å²) in [6, 6.07) is 0. The van der Waals surface area contributed by atoms with E-state index < -0.39 is 0 Å². The zero-order chi connectivity index (χ0) is 14.3. The van der Waals surface area contributed by atoms with Crippen molar-refractivity contribution in [2.24, 2.45) is 10.7 Å². The SMILES string of the molecule is C=CCN1C(N)=NCC12CCCCCCCCCCC2. The Labute approximate surface area is 124 Å². The molecule has 0 amide bonds. The van der Waals surface area contributed by atoms with E-state index in [1.807, 2.05) is 6.08 Å². The van der Waals surface area contributed by atoms with E-state index in [4.69, 9.17) is 5.73 Å². The molecule has 1 heterocycles. The third-order valence-electron chi connectivity index (χ3n) is 4.98. The Hall–Kier alpha value is -0.990. The molecule has 1 saturated carbocycles. The van der Waals surface area contributed by atoms with Crippen LogP contribution in [0.15, 0.2) is 17.6 Å². The zero-order valence-corrected chi connectivity index (χ0v) is 12.9. The monoisotopic (exact) mass is 277 g/mol. The van der Waals surface area contributed by atoms with Gasteiger partial charge in [0.25, 0.3) is 0 Å². The van der Waals surface area contributed by atoms with Crippen molar-refractivity contribution in [3.8, 4) is 0 Å². The molecule has 0 aromatic heterocycles. The highest BCUT2D eigenvalue weighted by Crippen LogP contribution is 2.33. The van der Waals surface area contributed by atoms with Crippen molar-refractivity contribution in [2.45, 2.75) is 76.2 Å². The van der Waals surface area contributed by atoms with Crippen LogP contribution in [0.25, 0.3) is 0 Å².